The Balaban J connectivity index is 2.75. The van der Waals surface area contributed by atoms with E-state index in [-0.39, 0.29) is 11.5 Å². The average Bonchev–Trinajstić information content (AvgIpc) is 2.55. The Morgan fingerprint density at radius 2 is 2.00 bits per heavy atom. The third-order valence-corrected chi connectivity index (χ3v) is 3.36. The summed E-state index contributed by atoms with van der Waals surface area (Å²) in [5.74, 6) is 9.03. The maximum Gasteiger partial charge on any atom is 0.0870 e. The van der Waals surface area contributed by atoms with Crippen LogP contribution in [-0.2, 0) is 0 Å². The second-order valence-corrected chi connectivity index (χ2v) is 4.93. The third kappa shape index (κ3) is 2.29. The monoisotopic (exact) mass is 194 g/mol. The van der Waals surface area contributed by atoms with Gasteiger partial charge in [0, 0.05) is 0 Å². The number of rotatable bonds is 4. The molecule has 80 valence electrons. The van der Waals surface area contributed by atoms with Crippen LogP contribution in [0.15, 0.2) is 0 Å². The fourth-order valence-corrected chi connectivity index (χ4v) is 2.90. The van der Waals surface area contributed by atoms with E-state index in [0.29, 0.717) is 5.92 Å². The van der Waals surface area contributed by atoms with Gasteiger partial charge in [0.15, 0.2) is 0 Å². The van der Waals surface area contributed by atoms with E-state index in [2.05, 4.69) is 25.2 Å². The van der Waals surface area contributed by atoms with Crippen molar-refractivity contribution in [1.29, 1.82) is 0 Å². The smallest absolute Gasteiger partial charge is 0.0870 e. The van der Waals surface area contributed by atoms with Crippen molar-refractivity contribution in [3.63, 3.8) is 0 Å². The Kier molecular flexibility index (Phi) is 3.97. The normalized spacial score (nSPS) is 22.2. The first-order valence-corrected chi connectivity index (χ1v) is 5.57. The summed E-state index contributed by atoms with van der Waals surface area (Å²) in [4.78, 5) is 0. The number of nitrogens with two attached hydrogens (primary N) is 1. The van der Waals surface area contributed by atoms with Crippen molar-refractivity contribution < 1.29 is 0 Å². The zero-order chi connectivity index (χ0) is 10.6. The first-order valence-electron chi connectivity index (χ1n) is 5.57. The molecular weight excluding hydrogens is 172 g/mol. The van der Waals surface area contributed by atoms with Gasteiger partial charge in [0.25, 0.3) is 0 Å². The van der Waals surface area contributed by atoms with Gasteiger partial charge in [0.1, 0.15) is 0 Å². The van der Waals surface area contributed by atoms with Gasteiger partial charge in [-0.25, -0.2) is 5.43 Å². The van der Waals surface area contributed by atoms with Crippen molar-refractivity contribution in [2.24, 2.45) is 17.2 Å². The van der Waals surface area contributed by atoms with Crippen LogP contribution in [0.25, 0.3) is 0 Å². The molecule has 1 fully saturated rings. The Hall–Kier alpha value is -0.520. The lowest BCUT2D eigenvalue weighted by Gasteiger charge is -2.35. The van der Waals surface area contributed by atoms with Crippen LogP contribution in [0.4, 0.5) is 0 Å². The second-order valence-electron chi connectivity index (χ2n) is 4.93. The molecule has 0 aliphatic heterocycles. The van der Waals surface area contributed by atoms with Crippen molar-refractivity contribution in [1.82, 2.24) is 5.43 Å². The van der Waals surface area contributed by atoms with Crippen molar-refractivity contribution in [2.75, 3.05) is 0 Å². The molecule has 0 heterocycles. The van der Waals surface area contributed by atoms with Crippen LogP contribution in [-0.4, -0.2) is 6.04 Å². The van der Waals surface area contributed by atoms with E-state index in [9.17, 15) is 0 Å². The molecule has 1 rings (SSSR count). The molecule has 3 N–H and O–H groups in total. The lowest BCUT2D eigenvalue weighted by atomic mass is 9.73. The van der Waals surface area contributed by atoms with Gasteiger partial charge in [-0.2, -0.15) is 0 Å². The van der Waals surface area contributed by atoms with E-state index >= 15 is 0 Å². The van der Waals surface area contributed by atoms with Crippen molar-refractivity contribution in [2.45, 2.75) is 52.0 Å². The highest BCUT2D eigenvalue weighted by atomic mass is 15.2. The summed E-state index contributed by atoms with van der Waals surface area (Å²) >= 11 is 0. The molecule has 0 aromatic rings. The zero-order valence-electron chi connectivity index (χ0n) is 9.34. The lowest BCUT2D eigenvalue weighted by Crippen LogP contribution is -2.47. The van der Waals surface area contributed by atoms with Gasteiger partial charge in [-0.15, -0.1) is 6.42 Å². The molecule has 0 aromatic carbocycles. The van der Waals surface area contributed by atoms with Crippen LogP contribution < -0.4 is 11.3 Å². The topological polar surface area (TPSA) is 38.0 Å². The molecular formula is C12H22N2. The molecule has 14 heavy (non-hydrogen) atoms. The van der Waals surface area contributed by atoms with Gasteiger partial charge in [0.2, 0.25) is 0 Å². The summed E-state index contributed by atoms with van der Waals surface area (Å²) in [7, 11) is 0. The van der Waals surface area contributed by atoms with E-state index < -0.39 is 0 Å². The largest absolute Gasteiger partial charge is 0.270 e. The van der Waals surface area contributed by atoms with E-state index in [1.807, 2.05) is 0 Å². The molecule has 2 heteroatoms. The lowest BCUT2D eigenvalue weighted by molar-refractivity contribution is 0.189. The van der Waals surface area contributed by atoms with Gasteiger partial charge in [-0.05, 0) is 30.6 Å². The summed E-state index contributed by atoms with van der Waals surface area (Å²) in [5, 5.41) is 0. The molecule has 0 saturated heterocycles. The van der Waals surface area contributed by atoms with Crippen molar-refractivity contribution in [3.05, 3.63) is 0 Å². The van der Waals surface area contributed by atoms with Crippen molar-refractivity contribution >= 4 is 0 Å². The van der Waals surface area contributed by atoms with Gasteiger partial charge < -0.3 is 0 Å². The first kappa shape index (κ1) is 11.6. The fraction of sp³-hybridized carbons (Fsp3) is 0.833. The van der Waals surface area contributed by atoms with E-state index in [1.54, 1.807) is 0 Å². The van der Waals surface area contributed by atoms with Crippen LogP contribution in [0.1, 0.15) is 46.0 Å². The minimum Gasteiger partial charge on any atom is -0.270 e. The predicted molar refractivity (Wildman–Crippen MR) is 60.3 cm³/mol. The molecule has 1 atom stereocenters. The summed E-state index contributed by atoms with van der Waals surface area (Å²) in [6, 6.07) is 0.0485. The Morgan fingerprint density at radius 1 is 1.43 bits per heavy atom. The number of hydrazine groups is 1. The number of hydrogen-bond donors (Lipinski definition) is 2. The van der Waals surface area contributed by atoms with Crippen LogP contribution in [0.5, 0.6) is 0 Å². The molecule has 0 bridgehead atoms. The zero-order valence-corrected chi connectivity index (χ0v) is 9.34. The highest BCUT2D eigenvalue weighted by molar-refractivity contribution is 5.09. The van der Waals surface area contributed by atoms with Crippen molar-refractivity contribution in [3.8, 4) is 12.3 Å². The molecule has 0 amide bonds. The van der Waals surface area contributed by atoms with E-state index in [1.165, 1.54) is 32.1 Å². The summed E-state index contributed by atoms with van der Waals surface area (Å²) in [5.41, 5.74) is 3.07. The Bertz CT molecular complexity index is 209. The fourth-order valence-electron chi connectivity index (χ4n) is 2.90. The molecule has 1 saturated carbocycles. The number of terminal acetylenes is 1. The quantitative estimate of drug-likeness (QED) is 0.408. The van der Waals surface area contributed by atoms with Gasteiger partial charge in [-0.1, -0.05) is 32.6 Å². The Labute approximate surface area is 87.6 Å². The first-order chi connectivity index (χ1) is 6.64. The maximum absolute atomic E-state index is 5.53. The minimum absolute atomic E-state index is 0.0485. The number of nitrogens with one attached hydrogen (secondary N) is 1. The highest BCUT2D eigenvalue weighted by Crippen LogP contribution is 2.45. The number of hydrogen-bond acceptors (Lipinski definition) is 2. The standard InChI is InChI=1S/C12H22N2/c1-4-11(14-13)12(9-10(2)3)7-5-6-8-12/h1,10-11,14H,5-9,13H2,2-3H3. The highest BCUT2D eigenvalue weighted by Gasteiger charge is 2.40. The molecule has 1 aliphatic carbocycles. The summed E-state index contributed by atoms with van der Waals surface area (Å²) < 4.78 is 0. The molecule has 1 unspecified atom stereocenters. The Morgan fingerprint density at radius 3 is 2.36 bits per heavy atom. The van der Waals surface area contributed by atoms with Gasteiger partial charge in [-0.3, -0.25) is 5.84 Å². The maximum atomic E-state index is 5.53. The summed E-state index contributed by atoms with van der Waals surface area (Å²) in [6.07, 6.45) is 11.8. The minimum atomic E-state index is 0.0485. The molecule has 0 spiro atoms. The van der Waals surface area contributed by atoms with Crippen LogP contribution >= 0.6 is 0 Å². The molecule has 0 radical (unpaired) electrons. The van der Waals surface area contributed by atoms with Crippen LogP contribution in [0.3, 0.4) is 0 Å². The third-order valence-electron chi connectivity index (χ3n) is 3.36. The summed E-state index contributed by atoms with van der Waals surface area (Å²) in [6.45, 7) is 4.51. The van der Waals surface area contributed by atoms with E-state index in [4.69, 9.17) is 12.3 Å². The van der Waals surface area contributed by atoms with Gasteiger partial charge >= 0.3 is 0 Å². The SMILES string of the molecule is C#CC(NN)C1(CC(C)C)CCCC1. The molecule has 1 aliphatic rings. The van der Waals surface area contributed by atoms with Gasteiger partial charge in [0.05, 0.1) is 6.04 Å². The molecule has 0 aromatic heterocycles. The van der Waals surface area contributed by atoms with Crippen LogP contribution in [0.2, 0.25) is 0 Å². The predicted octanol–water partition coefficient (Wildman–Crippen LogP) is 2.06. The second kappa shape index (κ2) is 4.82. The average molecular weight is 194 g/mol. The molecule has 2 nitrogen and oxygen atoms in total. The van der Waals surface area contributed by atoms with E-state index in [0.717, 1.165) is 0 Å². The van der Waals surface area contributed by atoms with Crippen LogP contribution in [0, 0.1) is 23.7 Å².